The summed E-state index contributed by atoms with van der Waals surface area (Å²) in [7, 11) is 1.49. The van der Waals surface area contributed by atoms with E-state index in [1.54, 1.807) is 12.1 Å². The first-order chi connectivity index (χ1) is 15.5. The van der Waals surface area contributed by atoms with Crippen molar-refractivity contribution in [1.82, 2.24) is 9.55 Å². The maximum absolute atomic E-state index is 13.1. The molecule has 0 saturated carbocycles. The number of H-pyrrole nitrogens is 1. The van der Waals surface area contributed by atoms with Crippen LogP contribution >= 0.6 is 0 Å². The van der Waals surface area contributed by atoms with Gasteiger partial charge >= 0.3 is 5.69 Å². The molecule has 0 bridgehead atoms. The third-order valence-electron chi connectivity index (χ3n) is 4.84. The van der Waals surface area contributed by atoms with Crippen LogP contribution in [0.25, 0.3) is 0 Å². The molecular formula is C23H25FN4O4. The Morgan fingerprint density at radius 1 is 1.06 bits per heavy atom. The summed E-state index contributed by atoms with van der Waals surface area (Å²) >= 11 is 0. The van der Waals surface area contributed by atoms with E-state index in [-0.39, 0.29) is 42.8 Å². The molecule has 0 fully saturated rings. The third kappa shape index (κ3) is 6.14. The number of amides is 1. The summed E-state index contributed by atoms with van der Waals surface area (Å²) in [6, 6.07) is 15.3. The predicted molar refractivity (Wildman–Crippen MR) is 120 cm³/mol. The van der Waals surface area contributed by atoms with Gasteiger partial charge in [-0.05, 0) is 29.7 Å². The molecule has 1 amide bonds. The summed E-state index contributed by atoms with van der Waals surface area (Å²) in [5, 5.41) is 5.73. The van der Waals surface area contributed by atoms with E-state index in [0.717, 1.165) is 11.1 Å². The molecule has 3 rings (SSSR count). The second-order valence-corrected chi connectivity index (χ2v) is 7.14. The van der Waals surface area contributed by atoms with Crippen molar-refractivity contribution in [2.75, 3.05) is 24.4 Å². The number of hydrogen-bond donors (Lipinski definition) is 3. The summed E-state index contributed by atoms with van der Waals surface area (Å²) in [6.45, 7) is 0.674. The monoisotopic (exact) mass is 440 g/mol. The number of carbonyl (C=O) groups is 1. The topological polar surface area (TPSA) is 105 Å². The average molecular weight is 440 g/mol. The molecule has 2 aromatic carbocycles. The van der Waals surface area contributed by atoms with Crippen molar-refractivity contribution in [2.45, 2.75) is 25.9 Å². The SMILES string of the molecule is COCCn1c(NC(=O)CCc2ccc(F)cc2)c(NCc2ccccc2)c(=O)[nH]c1=O. The number of nitrogens with zero attached hydrogens (tertiary/aromatic N) is 1. The van der Waals surface area contributed by atoms with E-state index >= 15 is 0 Å². The van der Waals surface area contributed by atoms with E-state index in [9.17, 15) is 18.8 Å². The largest absolute Gasteiger partial charge is 0.383 e. The summed E-state index contributed by atoms with van der Waals surface area (Å²) in [4.78, 5) is 39.9. The van der Waals surface area contributed by atoms with Crippen molar-refractivity contribution >= 4 is 17.4 Å². The van der Waals surface area contributed by atoms with Gasteiger partial charge in [-0.15, -0.1) is 0 Å². The lowest BCUT2D eigenvalue weighted by atomic mass is 10.1. The number of benzene rings is 2. The molecule has 0 saturated heterocycles. The van der Waals surface area contributed by atoms with E-state index < -0.39 is 11.2 Å². The number of anilines is 2. The number of hydrogen-bond acceptors (Lipinski definition) is 5. The molecule has 168 valence electrons. The predicted octanol–water partition coefficient (Wildman–Crippen LogP) is 2.51. The third-order valence-corrected chi connectivity index (χ3v) is 4.84. The normalized spacial score (nSPS) is 10.7. The Kier molecular flexibility index (Phi) is 7.93. The number of methoxy groups -OCH3 is 1. The number of nitrogens with one attached hydrogen (secondary N) is 3. The highest BCUT2D eigenvalue weighted by Crippen LogP contribution is 2.17. The Labute approximate surface area is 184 Å². The first kappa shape index (κ1) is 23.0. The van der Waals surface area contributed by atoms with Crippen LogP contribution in [-0.2, 0) is 29.0 Å². The van der Waals surface area contributed by atoms with Crippen molar-refractivity contribution in [3.63, 3.8) is 0 Å². The van der Waals surface area contributed by atoms with Crippen LogP contribution in [0.3, 0.4) is 0 Å². The van der Waals surface area contributed by atoms with Gasteiger partial charge in [0.05, 0.1) is 13.2 Å². The highest BCUT2D eigenvalue weighted by Gasteiger charge is 2.17. The minimum absolute atomic E-state index is 0.0795. The fraction of sp³-hybridized carbons (Fsp3) is 0.261. The van der Waals surface area contributed by atoms with E-state index in [4.69, 9.17) is 4.74 Å². The fourth-order valence-electron chi connectivity index (χ4n) is 3.15. The summed E-state index contributed by atoms with van der Waals surface area (Å²) in [6.07, 6.45) is 0.472. The van der Waals surface area contributed by atoms with Crippen LogP contribution in [0.15, 0.2) is 64.2 Å². The summed E-state index contributed by atoms with van der Waals surface area (Å²) in [5.41, 5.74) is 0.529. The maximum Gasteiger partial charge on any atom is 0.330 e. The number of rotatable bonds is 10. The van der Waals surface area contributed by atoms with Gasteiger partial charge in [0.2, 0.25) is 5.91 Å². The van der Waals surface area contributed by atoms with Crippen LogP contribution in [0, 0.1) is 5.82 Å². The summed E-state index contributed by atoms with van der Waals surface area (Å²) < 4.78 is 19.4. The number of aromatic amines is 1. The Balaban J connectivity index is 1.84. The smallest absolute Gasteiger partial charge is 0.330 e. The molecule has 1 heterocycles. The minimum atomic E-state index is -0.647. The molecule has 32 heavy (non-hydrogen) atoms. The molecule has 3 aromatic rings. The van der Waals surface area contributed by atoms with Crippen molar-refractivity contribution in [1.29, 1.82) is 0 Å². The molecule has 3 N–H and O–H groups in total. The fourth-order valence-corrected chi connectivity index (χ4v) is 3.15. The Morgan fingerprint density at radius 2 is 1.78 bits per heavy atom. The van der Waals surface area contributed by atoms with Gasteiger partial charge in [0, 0.05) is 20.1 Å². The number of ether oxygens (including phenoxy) is 1. The van der Waals surface area contributed by atoms with Crippen LogP contribution in [0.2, 0.25) is 0 Å². The van der Waals surface area contributed by atoms with Crippen LogP contribution in [0.4, 0.5) is 15.9 Å². The Morgan fingerprint density at radius 3 is 2.47 bits per heavy atom. The lowest BCUT2D eigenvalue weighted by Crippen LogP contribution is -2.36. The zero-order valence-electron chi connectivity index (χ0n) is 17.7. The molecule has 0 aliphatic heterocycles. The molecule has 0 aliphatic carbocycles. The van der Waals surface area contributed by atoms with E-state index in [0.29, 0.717) is 13.0 Å². The van der Waals surface area contributed by atoms with Gasteiger partial charge in [-0.2, -0.15) is 0 Å². The molecule has 0 atom stereocenters. The van der Waals surface area contributed by atoms with Crippen molar-refractivity contribution in [3.05, 3.63) is 92.4 Å². The van der Waals surface area contributed by atoms with Gasteiger partial charge in [0.25, 0.3) is 5.56 Å². The number of halogens is 1. The Hall–Kier alpha value is -3.72. The molecule has 0 spiro atoms. The number of carbonyl (C=O) groups excluding carboxylic acids is 1. The van der Waals surface area contributed by atoms with Crippen molar-refractivity contribution in [3.8, 4) is 0 Å². The summed E-state index contributed by atoms with van der Waals surface area (Å²) in [5.74, 6) is -0.651. The van der Waals surface area contributed by atoms with Crippen molar-refractivity contribution < 1.29 is 13.9 Å². The van der Waals surface area contributed by atoms with Crippen LogP contribution in [-0.4, -0.2) is 29.2 Å². The van der Waals surface area contributed by atoms with Crippen molar-refractivity contribution in [2.24, 2.45) is 0 Å². The van der Waals surface area contributed by atoms with Gasteiger partial charge < -0.3 is 15.4 Å². The minimum Gasteiger partial charge on any atom is -0.383 e. The molecule has 0 aliphatic rings. The lowest BCUT2D eigenvalue weighted by Gasteiger charge is -2.18. The molecule has 8 nitrogen and oxygen atoms in total. The van der Waals surface area contributed by atoms with Gasteiger partial charge in [-0.1, -0.05) is 42.5 Å². The highest BCUT2D eigenvalue weighted by molar-refractivity contribution is 5.93. The maximum atomic E-state index is 13.1. The molecule has 0 unspecified atom stereocenters. The second kappa shape index (κ2) is 11.1. The van der Waals surface area contributed by atoms with Gasteiger partial charge in [0.1, 0.15) is 17.3 Å². The average Bonchev–Trinajstić information content (AvgIpc) is 2.79. The van der Waals surface area contributed by atoms with Gasteiger partial charge in [-0.3, -0.25) is 19.1 Å². The lowest BCUT2D eigenvalue weighted by molar-refractivity contribution is -0.116. The second-order valence-electron chi connectivity index (χ2n) is 7.14. The standard InChI is InChI=1S/C23H25FN4O4/c1-32-14-13-28-21(26-19(29)12-9-16-7-10-18(24)11-8-16)20(22(30)27-23(28)31)25-15-17-5-3-2-4-6-17/h2-8,10-11,25H,9,12-15H2,1H3,(H,26,29)(H,27,30,31). The molecular weight excluding hydrogens is 415 g/mol. The van der Waals surface area contributed by atoms with Gasteiger partial charge in [0.15, 0.2) is 0 Å². The van der Waals surface area contributed by atoms with Crippen LogP contribution < -0.4 is 21.9 Å². The molecule has 0 radical (unpaired) electrons. The van der Waals surface area contributed by atoms with Crippen LogP contribution in [0.1, 0.15) is 17.5 Å². The van der Waals surface area contributed by atoms with Crippen LogP contribution in [0.5, 0.6) is 0 Å². The van der Waals surface area contributed by atoms with E-state index in [1.807, 2.05) is 30.3 Å². The molecule has 1 aromatic heterocycles. The first-order valence-corrected chi connectivity index (χ1v) is 10.2. The quantitative estimate of drug-likeness (QED) is 0.449. The highest BCUT2D eigenvalue weighted by atomic mass is 19.1. The number of aromatic nitrogens is 2. The van der Waals surface area contributed by atoms with Gasteiger partial charge in [-0.25, -0.2) is 9.18 Å². The zero-order valence-corrected chi connectivity index (χ0v) is 17.7. The first-order valence-electron chi connectivity index (χ1n) is 10.2. The van der Waals surface area contributed by atoms with E-state index in [2.05, 4.69) is 15.6 Å². The molecule has 9 heteroatoms. The zero-order chi connectivity index (χ0) is 22.9. The van der Waals surface area contributed by atoms with E-state index in [1.165, 1.54) is 23.8 Å². The Bertz CT molecular complexity index is 1160. The number of aryl methyl sites for hydroxylation is 1.